The molecule has 2 heteroatoms. The van der Waals surface area contributed by atoms with Gasteiger partial charge in [-0.15, -0.1) is 0 Å². The summed E-state index contributed by atoms with van der Waals surface area (Å²) in [6.07, 6.45) is 3.17. The third-order valence-electron chi connectivity index (χ3n) is 2.19. The highest BCUT2D eigenvalue weighted by atomic mass is 16.5. The molecule has 0 aliphatic rings. The van der Waals surface area contributed by atoms with Crippen molar-refractivity contribution in [3.8, 4) is 5.75 Å². The summed E-state index contributed by atoms with van der Waals surface area (Å²) in [4.78, 5) is 0. The molecule has 2 nitrogen and oxygen atoms in total. The molecule has 0 spiro atoms. The summed E-state index contributed by atoms with van der Waals surface area (Å²) in [5.41, 5.74) is 1.32. The van der Waals surface area contributed by atoms with Crippen LogP contribution in [-0.4, -0.2) is 20.3 Å². The molecule has 0 N–H and O–H groups in total. The number of methoxy groups -OCH3 is 1. The lowest BCUT2D eigenvalue weighted by molar-refractivity contribution is 0.195. The second kappa shape index (κ2) is 7.30. The number of ether oxygens (including phenoxy) is 2. The molecule has 0 saturated carbocycles. The first-order valence-electron chi connectivity index (χ1n) is 5.57. The lowest BCUT2D eigenvalue weighted by Gasteiger charge is -2.06. The van der Waals surface area contributed by atoms with E-state index in [2.05, 4.69) is 19.1 Å². The van der Waals surface area contributed by atoms with E-state index in [1.165, 1.54) is 5.56 Å². The molecule has 0 heterocycles. The van der Waals surface area contributed by atoms with E-state index >= 15 is 0 Å². The van der Waals surface area contributed by atoms with Gasteiger partial charge in [0.25, 0.3) is 0 Å². The van der Waals surface area contributed by atoms with Crippen molar-refractivity contribution in [3.05, 3.63) is 29.8 Å². The summed E-state index contributed by atoms with van der Waals surface area (Å²) in [5.74, 6) is 0.978. The molecule has 0 amide bonds. The molecule has 0 saturated heterocycles. The second-order valence-electron chi connectivity index (χ2n) is 3.59. The summed E-state index contributed by atoms with van der Waals surface area (Å²) in [7, 11) is 1.74. The van der Waals surface area contributed by atoms with E-state index in [4.69, 9.17) is 9.47 Å². The molecule has 0 unspecified atom stereocenters. The molecule has 0 atom stereocenters. The van der Waals surface area contributed by atoms with Crippen LogP contribution in [0.1, 0.15) is 25.3 Å². The Hall–Kier alpha value is -1.02. The average Bonchev–Trinajstić information content (AvgIpc) is 2.27. The van der Waals surface area contributed by atoms with Gasteiger partial charge in [0.2, 0.25) is 0 Å². The number of benzene rings is 1. The Kier molecular flexibility index (Phi) is 5.86. The Morgan fingerprint density at radius 3 is 2.80 bits per heavy atom. The monoisotopic (exact) mass is 208 g/mol. The Bertz CT molecular complexity index is 271. The van der Waals surface area contributed by atoms with Gasteiger partial charge in [-0.3, -0.25) is 0 Å². The minimum absolute atomic E-state index is 0.793. The minimum atomic E-state index is 0.793. The molecule has 0 bridgehead atoms. The van der Waals surface area contributed by atoms with Gasteiger partial charge in [0.05, 0.1) is 6.61 Å². The fourth-order valence-electron chi connectivity index (χ4n) is 1.43. The Morgan fingerprint density at radius 1 is 1.20 bits per heavy atom. The lowest BCUT2D eigenvalue weighted by Crippen LogP contribution is -1.96. The van der Waals surface area contributed by atoms with Crippen molar-refractivity contribution in [2.45, 2.75) is 26.2 Å². The maximum absolute atomic E-state index is 5.57. The van der Waals surface area contributed by atoms with Gasteiger partial charge in [0, 0.05) is 13.7 Å². The molecule has 1 rings (SSSR count). The SMILES string of the molecule is CCCOc1cccc(CCCOC)c1. The highest BCUT2D eigenvalue weighted by Gasteiger charge is 1.96. The van der Waals surface area contributed by atoms with Gasteiger partial charge in [-0.2, -0.15) is 0 Å². The quantitative estimate of drug-likeness (QED) is 0.641. The van der Waals surface area contributed by atoms with Gasteiger partial charge in [-0.1, -0.05) is 19.1 Å². The number of rotatable bonds is 7. The standard InChI is InChI=1S/C13H20O2/c1-3-9-15-13-8-4-6-12(11-13)7-5-10-14-2/h4,6,8,11H,3,5,7,9-10H2,1-2H3. The van der Waals surface area contributed by atoms with Gasteiger partial charge in [0.15, 0.2) is 0 Å². The third-order valence-corrected chi connectivity index (χ3v) is 2.19. The van der Waals surface area contributed by atoms with Crippen molar-refractivity contribution in [2.75, 3.05) is 20.3 Å². The summed E-state index contributed by atoms with van der Waals surface area (Å²) in [6.45, 7) is 3.73. The van der Waals surface area contributed by atoms with E-state index < -0.39 is 0 Å². The van der Waals surface area contributed by atoms with Gasteiger partial charge in [0.1, 0.15) is 5.75 Å². The molecule has 84 valence electrons. The highest BCUT2D eigenvalue weighted by Crippen LogP contribution is 2.14. The molecule has 0 aliphatic carbocycles. The highest BCUT2D eigenvalue weighted by molar-refractivity contribution is 5.28. The third kappa shape index (κ3) is 4.84. The largest absolute Gasteiger partial charge is 0.494 e. The predicted octanol–water partition coefficient (Wildman–Crippen LogP) is 3.05. The summed E-state index contributed by atoms with van der Waals surface area (Å²) in [6, 6.07) is 8.31. The van der Waals surface area contributed by atoms with Crippen molar-refractivity contribution in [1.29, 1.82) is 0 Å². The smallest absolute Gasteiger partial charge is 0.119 e. The number of hydrogen-bond donors (Lipinski definition) is 0. The van der Waals surface area contributed by atoms with Crippen LogP contribution in [0.4, 0.5) is 0 Å². The zero-order chi connectivity index (χ0) is 10.9. The molecular weight excluding hydrogens is 188 g/mol. The van der Waals surface area contributed by atoms with E-state index in [0.717, 1.165) is 38.2 Å². The van der Waals surface area contributed by atoms with Crippen molar-refractivity contribution in [1.82, 2.24) is 0 Å². The van der Waals surface area contributed by atoms with Crippen LogP contribution in [0.5, 0.6) is 5.75 Å². The first-order chi connectivity index (χ1) is 7.36. The molecule has 0 radical (unpaired) electrons. The van der Waals surface area contributed by atoms with Crippen LogP contribution >= 0.6 is 0 Å². The molecule has 1 aromatic carbocycles. The Labute approximate surface area is 92.2 Å². The predicted molar refractivity (Wildman–Crippen MR) is 62.4 cm³/mol. The topological polar surface area (TPSA) is 18.5 Å². The van der Waals surface area contributed by atoms with Crippen LogP contribution < -0.4 is 4.74 Å². The fraction of sp³-hybridized carbons (Fsp3) is 0.538. The van der Waals surface area contributed by atoms with E-state index in [1.54, 1.807) is 7.11 Å². The summed E-state index contributed by atoms with van der Waals surface area (Å²) < 4.78 is 10.6. The number of hydrogen-bond acceptors (Lipinski definition) is 2. The van der Waals surface area contributed by atoms with Gasteiger partial charge < -0.3 is 9.47 Å². The molecule has 1 aromatic rings. The molecule has 15 heavy (non-hydrogen) atoms. The lowest BCUT2D eigenvalue weighted by atomic mass is 10.1. The van der Waals surface area contributed by atoms with Crippen molar-refractivity contribution < 1.29 is 9.47 Å². The van der Waals surface area contributed by atoms with E-state index in [1.807, 2.05) is 12.1 Å². The summed E-state index contributed by atoms with van der Waals surface area (Å²) in [5, 5.41) is 0. The van der Waals surface area contributed by atoms with Crippen LogP contribution in [0.2, 0.25) is 0 Å². The zero-order valence-corrected chi connectivity index (χ0v) is 9.66. The van der Waals surface area contributed by atoms with Crippen molar-refractivity contribution >= 4 is 0 Å². The second-order valence-corrected chi connectivity index (χ2v) is 3.59. The number of aryl methyl sites for hydroxylation is 1. The van der Waals surface area contributed by atoms with E-state index in [-0.39, 0.29) is 0 Å². The molecule has 0 aliphatic heterocycles. The van der Waals surface area contributed by atoms with Gasteiger partial charge in [-0.25, -0.2) is 0 Å². The average molecular weight is 208 g/mol. The normalized spacial score (nSPS) is 10.3. The van der Waals surface area contributed by atoms with Crippen LogP contribution in [0.15, 0.2) is 24.3 Å². The van der Waals surface area contributed by atoms with Gasteiger partial charge >= 0.3 is 0 Å². The molecule has 0 fully saturated rings. The zero-order valence-electron chi connectivity index (χ0n) is 9.66. The van der Waals surface area contributed by atoms with Crippen LogP contribution in [0.25, 0.3) is 0 Å². The van der Waals surface area contributed by atoms with E-state index in [9.17, 15) is 0 Å². The first kappa shape index (κ1) is 12.1. The minimum Gasteiger partial charge on any atom is -0.494 e. The van der Waals surface area contributed by atoms with Crippen LogP contribution in [0, 0.1) is 0 Å². The maximum Gasteiger partial charge on any atom is 0.119 e. The van der Waals surface area contributed by atoms with Crippen LogP contribution in [0.3, 0.4) is 0 Å². The van der Waals surface area contributed by atoms with E-state index in [0.29, 0.717) is 0 Å². The van der Waals surface area contributed by atoms with Crippen LogP contribution in [-0.2, 0) is 11.2 Å². The molecule has 0 aromatic heterocycles. The summed E-state index contributed by atoms with van der Waals surface area (Å²) >= 11 is 0. The van der Waals surface area contributed by atoms with Crippen molar-refractivity contribution in [3.63, 3.8) is 0 Å². The fourth-order valence-corrected chi connectivity index (χ4v) is 1.43. The van der Waals surface area contributed by atoms with Gasteiger partial charge in [-0.05, 0) is 37.0 Å². The van der Waals surface area contributed by atoms with Crippen molar-refractivity contribution in [2.24, 2.45) is 0 Å². The maximum atomic E-state index is 5.57. The Balaban J connectivity index is 2.42. The Morgan fingerprint density at radius 2 is 2.07 bits per heavy atom. The first-order valence-corrected chi connectivity index (χ1v) is 5.57. The molecular formula is C13H20O2.